The Labute approximate surface area is 768 Å². The van der Waals surface area contributed by atoms with Gasteiger partial charge in [0.1, 0.15) is 27.9 Å². The smallest absolute Gasteiger partial charge is 0.410 e. The predicted octanol–water partition coefficient (Wildman–Crippen LogP) is 17.6. The molecule has 0 aliphatic carbocycles. The van der Waals surface area contributed by atoms with Crippen LogP contribution >= 0.6 is 11.6 Å². The molecule has 32 heteroatoms. The van der Waals surface area contributed by atoms with Gasteiger partial charge in [0, 0.05) is 196 Å². The number of hydrogen-bond donors (Lipinski definition) is 9. The predicted molar refractivity (Wildman–Crippen MR) is 521 cm³/mol. The molecule has 131 heavy (non-hydrogen) atoms. The van der Waals surface area contributed by atoms with Gasteiger partial charge < -0.3 is 103 Å². The van der Waals surface area contributed by atoms with Gasteiger partial charge in [-0.1, -0.05) is 84.4 Å². The Morgan fingerprint density at radius 2 is 0.611 bits per heavy atom. The lowest BCUT2D eigenvalue weighted by atomic mass is 10.1. The number of hydrogen-bond acceptors (Lipinski definition) is 26. The highest BCUT2D eigenvalue weighted by Gasteiger charge is 2.31. The average Bonchev–Trinajstić information content (AvgIpc) is 0.791. The van der Waals surface area contributed by atoms with E-state index in [0.717, 1.165) is 130 Å². The number of pyridine rings is 4. The summed E-state index contributed by atoms with van der Waals surface area (Å²) in [5, 5.41) is 23.8. The number of halogens is 1. The van der Waals surface area contributed by atoms with E-state index in [1.54, 1.807) is 53.1 Å². The molecular weight excluding hydrogens is 1680 g/mol. The zero-order chi connectivity index (χ0) is 92.7. The van der Waals surface area contributed by atoms with Crippen LogP contribution in [0.25, 0.3) is 43.6 Å². The van der Waals surface area contributed by atoms with Crippen LogP contribution in [0.15, 0.2) is 219 Å². The lowest BCUT2D eigenvalue weighted by Gasteiger charge is -2.36. The number of ether oxygens (including phenoxy) is 5. The standard InChI is InChI=1S/C27H32N4O4.C25H29N5O3.C20H21N5O.C18H15ClN2O2.C9H18N2O2.H3N/c1-5-34-25(32)22-18-28-23-17-20(11-12-21(23)24(22)29-19-9-7-6-8-10-19)30-13-15-31(16-14-30)26(33)35-27(2,3)4;1-25(2,3)33-24(32)30-13-11-29(12-14-30)18-9-10-19-21(15-18)27-16-20(23(26)31)22(19)28-17-7-5-4-6-8-17;21-20(26)17-13-23-18-12-15(25-10-8-22-9-11-25)6-7-16(18)19(17)24-14-4-2-1-3-5-14;1-2-23-18(22)15-11-20-16-10-12(19)8-9-14(16)17(15)21-13-6-4-3-5-7-13;1-9(2,3)13-8(12)11-6-4-10-5-7-11;/h6-12,17-18H,5,13-16H2,1-4H3,(H,28,29);4-10,15-16H,11-14H2,1-3H3,(H2,26,31)(H,27,28);1-7,12-13,22H,8-11H2,(H2,21,26)(H,23,24);3-11H,2H2,1H3,(H,20,21);10H,4-7H2,1-3H3;1H3. The highest BCUT2D eigenvalue weighted by molar-refractivity contribution is 6.31. The molecule has 12 aromatic rings. The molecule has 0 radical (unpaired) electrons. The van der Waals surface area contributed by atoms with Crippen molar-refractivity contribution < 1.29 is 57.2 Å². The second kappa shape index (κ2) is 45.2. The van der Waals surface area contributed by atoms with Gasteiger partial charge in [-0.2, -0.15) is 0 Å². The molecular formula is C99H118ClN19O12. The molecule has 13 N–H and O–H groups in total. The first-order chi connectivity index (χ1) is 62.4. The quantitative estimate of drug-likeness (QED) is 0.0302. The summed E-state index contributed by atoms with van der Waals surface area (Å²) in [7, 11) is 0. The maximum atomic E-state index is 12.6. The van der Waals surface area contributed by atoms with Crippen LogP contribution in [0.5, 0.6) is 0 Å². The maximum Gasteiger partial charge on any atom is 0.410 e. The number of nitrogens with two attached hydrogens (primary N) is 2. The third kappa shape index (κ3) is 27.2. The van der Waals surface area contributed by atoms with Crippen molar-refractivity contribution in [1.29, 1.82) is 0 Å². The van der Waals surface area contributed by atoms with E-state index in [2.05, 4.69) is 78.7 Å². The normalized spacial score (nSPS) is 13.9. The van der Waals surface area contributed by atoms with E-state index in [1.165, 1.54) is 12.4 Å². The summed E-state index contributed by atoms with van der Waals surface area (Å²) in [5.74, 6) is -1.85. The van der Waals surface area contributed by atoms with Crippen molar-refractivity contribution >= 4 is 160 Å². The van der Waals surface area contributed by atoms with Gasteiger partial charge in [-0.05, 0) is 197 Å². The molecule has 4 saturated heterocycles. The van der Waals surface area contributed by atoms with Gasteiger partial charge in [-0.15, -0.1) is 0 Å². The molecule has 4 fully saturated rings. The van der Waals surface area contributed by atoms with Gasteiger partial charge in [-0.3, -0.25) is 29.5 Å². The zero-order valence-corrected chi connectivity index (χ0v) is 76.9. The molecule has 0 unspecified atom stereocenters. The lowest BCUT2D eigenvalue weighted by Crippen LogP contribution is -2.50. The number of carbonyl (C=O) groups excluding carboxylic acids is 7. The molecule has 16 rings (SSSR count). The third-order valence-corrected chi connectivity index (χ3v) is 21.2. The van der Waals surface area contributed by atoms with Crippen LogP contribution in [0, 0.1) is 0 Å². The highest BCUT2D eigenvalue weighted by atomic mass is 35.5. The molecule has 688 valence electrons. The first kappa shape index (κ1) is 97.5. The first-order valence-corrected chi connectivity index (χ1v) is 43.9. The SMILES string of the molecule is CC(C)(C)OC(=O)N1CCN(c2ccc3c(Nc4ccccc4)c(C(N)=O)cnc3c2)CC1.CC(C)(C)OC(=O)N1CCNCC1.CCOC(=O)c1cnc2cc(Cl)ccc2c1Nc1ccccc1.CCOC(=O)c1cnc2cc(N3CCN(C(=O)OC(C)(C)C)CC3)ccc2c1Nc1ccccc1.N.NC(=O)c1cnc2cc(N3CCNCC3)ccc2c1Nc1ccccc1. The van der Waals surface area contributed by atoms with Gasteiger partial charge >= 0.3 is 30.2 Å². The molecule has 31 nitrogen and oxygen atoms in total. The van der Waals surface area contributed by atoms with Crippen molar-refractivity contribution in [3.8, 4) is 0 Å². The Kier molecular flexibility index (Phi) is 33.6. The number of nitrogens with one attached hydrogen (secondary N) is 6. The minimum absolute atomic E-state index is 0. The summed E-state index contributed by atoms with van der Waals surface area (Å²) in [6, 6.07) is 62.2. The number of esters is 2. The van der Waals surface area contributed by atoms with Crippen LogP contribution in [0.3, 0.4) is 0 Å². The monoisotopic (exact) mass is 1800 g/mol. The Morgan fingerprint density at radius 3 is 0.901 bits per heavy atom. The largest absolute Gasteiger partial charge is 0.462 e. The van der Waals surface area contributed by atoms with Crippen molar-refractivity contribution in [2.45, 2.75) is 93.0 Å². The third-order valence-electron chi connectivity index (χ3n) is 20.9. The van der Waals surface area contributed by atoms with Gasteiger partial charge in [0.05, 0.1) is 69.2 Å². The van der Waals surface area contributed by atoms with Gasteiger partial charge in [0.15, 0.2) is 0 Å². The highest BCUT2D eigenvalue weighted by Crippen LogP contribution is 2.38. The van der Waals surface area contributed by atoms with Crippen molar-refractivity contribution in [3.63, 3.8) is 0 Å². The van der Waals surface area contributed by atoms with Crippen LogP contribution in [-0.4, -0.2) is 211 Å². The topological polar surface area (TPSA) is 396 Å². The first-order valence-electron chi connectivity index (χ1n) is 43.5. The Bertz CT molecular complexity index is 5920. The summed E-state index contributed by atoms with van der Waals surface area (Å²) in [5.41, 5.74) is 23.7. The minimum Gasteiger partial charge on any atom is -0.462 e. The van der Waals surface area contributed by atoms with E-state index >= 15 is 0 Å². The summed E-state index contributed by atoms with van der Waals surface area (Å²) in [4.78, 5) is 115. The van der Waals surface area contributed by atoms with E-state index in [9.17, 15) is 33.6 Å². The number of benzene rings is 8. The van der Waals surface area contributed by atoms with Crippen LogP contribution < -0.4 is 64.2 Å². The number of rotatable bonds is 17. The second-order valence-corrected chi connectivity index (χ2v) is 34.4. The average molecular weight is 1800 g/mol. The molecule has 8 aromatic carbocycles. The zero-order valence-electron chi connectivity index (χ0n) is 76.1. The summed E-state index contributed by atoms with van der Waals surface area (Å²) in [6.07, 6.45) is 5.39. The van der Waals surface area contributed by atoms with Crippen LogP contribution in [0.1, 0.15) is 118 Å². The Balaban J connectivity index is 0.000000162. The van der Waals surface area contributed by atoms with E-state index < -0.39 is 35.0 Å². The fraction of sp³-hybridized carbons (Fsp3) is 0.323. The number of para-hydroxylation sites is 4. The molecule has 4 aromatic heterocycles. The summed E-state index contributed by atoms with van der Waals surface area (Å²) >= 11 is 6.03. The Hall–Kier alpha value is -14.1. The molecule has 5 amide bonds. The van der Waals surface area contributed by atoms with Crippen LogP contribution in [0.2, 0.25) is 5.02 Å². The number of primary amides is 2. The number of fused-ring (bicyclic) bond motifs is 4. The number of piperazine rings is 4. The number of carbonyl (C=O) groups is 7. The molecule has 4 aliphatic rings. The second-order valence-electron chi connectivity index (χ2n) is 34.0. The molecule has 0 spiro atoms. The number of anilines is 11. The number of aromatic nitrogens is 4. The van der Waals surface area contributed by atoms with Gasteiger partial charge in [-0.25, -0.2) is 24.0 Å². The maximum absolute atomic E-state index is 12.6. The van der Waals surface area contributed by atoms with Gasteiger partial charge in [0.2, 0.25) is 0 Å². The van der Waals surface area contributed by atoms with E-state index in [4.69, 9.17) is 46.8 Å². The lowest BCUT2D eigenvalue weighted by molar-refractivity contribution is 0.0221. The molecule has 0 bridgehead atoms. The van der Waals surface area contributed by atoms with E-state index in [-0.39, 0.29) is 36.6 Å². The summed E-state index contributed by atoms with van der Waals surface area (Å²) in [6.45, 7) is 33.3. The molecule has 0 saturated carbocycles. The van der Waals surface area contributed by atoms with Crippen LogP contribution in [0.4, 0.5) is 76.9 Å². The van der Waals surface area contributed by atoms with E-state index in [0.29, 0.717) is 115 Å². The number of amides is 5. The summed E-state index contributed by atoms with van der Waals surface area (Å²) < 4.78 is 26.6. The van der Waals surface area contributed by atoms with Crippen molar-refractivity contribution in [2.75, 3.05) is 154 Å². The number of nitrogens with zero attached hydrogens (tertiary/aromatic N) is 10. The van der Waals surface area contributed by atoms with Crippen molar-refractivity contribution in [3.05, 3.63) is 246 Å². The van der Waals surface area contributed by atoms with Crippen LogP contribution in [-0.2, 0) is 23.7 Å². The Morgan fingerprint density at radius 1 is 0.351 bits per heavy atom. The van der Waals surface area contributed by atoms with Gasteiger partial charge in [0.25, 0.3) is 11.8 Å². The molecule has 8 heterocycles. The molecule has 0 atom stereocenters. The van der Waals surface area contributed by atoms with Crippen molar-refractivity contribution in [2.24, 2.45) is 11.5 Å². The minimum atomic E-state index is -0.537. The fourth-order valence-corrected chi connectivity index (χ4v) is 14.8. The van der Waals surface area contributed by atoms with E-state index in [1.807, 2.05) is 232 Å². The molecule has 4 aliphatic heterocycles. The van der Waals surface area contributed by atoms with Crippen molar-refractivity contribution in [1.82, 2.24) is 51.4 Å². The fourth-order valence-electron chi connectivity index (χ4n) is 14.6.